The summed E-state index contributed by atoms with van der Waals surface area (Å²) in [4.78, 5) is 16.6. The predicted octanol–water partition coefficient (Wildman–Crippen LogP) is 1.86. The van der Waals surface area contributed by atoms with E-state index in [-0.39, 0.29) is 5.91 Å². The van der Waals surface area contributed by atoms with E-state index in [1.54, 1.807) is 12.1 Å². The highest BCUT2D eigenvalue weighted by Crippen LogP contribution is 2.12. The monoisotopic (exact) mass is 294 g/mol. The van der Waals surface area contributed by atoms with Crippen LogP contribution in [0.4, 0.5) is 5.82 Å². The third kappa shape index (κ3) is 5.69. The number of hydrogen-bond acceptors (Lipinski definition) is 5. The Morgan fingerprint density at radius 2 is 2.10 bits per heavy atom. The van der Waals surface area contributed by atoms with Crippen molar-refractivity contribution in [3.05, 3.63) is 23.4 Å². The van der Waals surface area contributed by atoms with Gasteiger partial charge in [0.15, 0.2) is 0 Å². The van der Waals surface area contributed by atoms with Crippen molar-refractivity contribution in [3.8, 4) is 0 Å². The van der Waals surface area contributed by atoms with Gasteiger partial charge in [-0.2, -0.15) is 0 Å². The second-order valence-corrected chi connectivity index (χ2v) is 5.50. The lowest BCUT2D eigenvalue weighted by Gasteiger charge is -2.24. The van der Waals surface area contributed by atoms with Gasteiger partial charge in [0.2, 0.25) is 0 Å². The number of nitrogen functional groups attached to an aromatic ring is 1. The van der Waals surface area contributed by atoms with E-state index < -0.39 is 5.60 Å². The molecule has 0 bridgehead atoms. The molecule has 1 aromatic rings. The minimum absolute atomic E-state index is 0.154. The fourth-order valence-electron chi connectivity index (χ4n) is 2.01. The van der Waals surface area contributed by atoms with Crippen LogP contribution < -0.4 is 16.6 Å². The van der Waals surface area contributed by atoms with Crippen LogP contribution in [0, 0.1) is 0 Å². The molecule has 0 aliphatic carbocycles. The van der Waals surface area contributed by atoms with Crippen molar-refractivity contribution in [3.63, 3.8) is 0 Å². The number of aryl methyl sites for hydroxylation is 1. The second kappa shape index (κ2) is 7.95. The molecular formula is C15H26N4O2. The third-order valence-electron chi connectivity index (χ3n) is 3.00. The van der Waals surface area contributed by atoms with Crippen LogP contribution in [0.3, 0.4) is 0 Å². The van der Waals surface area contributed by atoms with Crippen molar-refractivity contribution in [2.75, 3.05) is 18.6 Å². The maximum atomic E-state index is 12.3. The van der Waals surface area contributed by atoms with E-state index in [9.17, 15) is 4.79 Å². The SMILES string of the molecule is CCCc1cc(C(=O)NCC(C)(C)OCC)cc(NN)n1. The van der Waals surface area contributed by atoms with Gasteiger partial charge in [0, 0.05) is 24.4 Å². The molecule has 4 N–H and O–H groups in total. The Morgan fingerprint density at radius 1 is 1.38 bits per heavy atom. The molecule has 1 aromatic heterocycles. The molecule has 0 spiro atoms. The van der Waals surface area contributed by atoms with Crippen molar-refractivity contribution in [1.82, 2.24) is 10.3 Å². The molecule has 1 rings (SSSR count). The summed E-state index contributed by atoms with van der Waals surface area (Å²) in [5.41, 5.74) is 3.51. The summed E-state index contributed by atoms with van der Waals surface area (Å²) in [6.07, 6.45) is 1.76. The Labute approximate surface area is 126 Å². The fourth-order valence-corrected chi connectivity index (χ4v) is 2.01. The predicted molar refractivity (Wildman–Crippen MR) is 84.1 cm³/mol. The second-order valence-electron chi connectivity index (χ2n) is 5.50. The number of ether oxygens (including phenoxy) is 1. The molecule has 0 atom stereocenters. The van der Waals surface area contributed by atoms with Gasteiger partial charge in [-0.3, -0.25) is 4.79 Å². The number of carbonyl (C=O) groups excluding carboxylic acids is 1. The Balaban J connectivity index is 2.79. The Hall–Kier alpha value is -1.66. The molecule has 0 aromatic carbocycles. The van der Waals surface area contributed by atoms with E-state index in [1.807, 2.05) is 20.8 Å². The molecule has 0 saturated carbocycles. The van der Waals surface area contributed by atoms with Crippen LogP contribution in [-0.4, -0.2) is 29.6 Å². The minimum atomic E-state index is -0.390. The number of nitrogens with zero attached hydrogens (tertiary/aromatic N) is 1. The average Bonchev–Trinajstić information content (AvgIpc) is 2.44. The van der Waals surface area contributed by atoms with Gasteiger partial charge in [-0.15, -0.1) is 0 Å². The van der Waals surface area contributed by atoms with Crippen molar-refractivity contribution in [1.29, 1.82) is 0 Å². The van der Waals surface area contributed by atoms with E-state index in [4.69, 9.17) is 10.6 Å². The Kier molecular flexibility index (Phi) is 6.58. The number of hydrogen-bond donors (Lipinski definition) is 3. The lowest BCUT2D eigenvalue weighted by molar-refractivity contribution is -0.00815. The maximum Gasteiger partial charge on any atom is 0.251 e. The van der Waals surface area contributed by atoms with Crippen LogP contribution in [-0.2, 0) is 11.2 Å². The number of nitrogens with two attached hydrogens (primary N) is 1. The van der Waals surface area contributed by atoms with Crippen LogP contribution in [0.2, 0.25) is 0 Å². The summed E-state index contributed by atoms with van der Waals surface area (Å²) in [7, 11) is 0. The lowest BCUT2D eigenvalue weighted by Crippen LogP contribution is -2.40. The standard InChI is InChI=1S/C15H26N4O2/c1-5-7-12-8-11(9-13(18-12)19-16)14(20)17-10-15(3,4)21-6-2/h8-9H,5-7,10,16H2,1-4H3,(H,17,20)(H,18,19). The van der Waals surface area contributed by atoms with Crippen molar-refractivity contribution < 1.29 is 9.53 Å². The topological polar surface area (TPSA) is 89.3 Å². The van der Waals surface area contributed by atoms with Crippen LogP contribution in [0.1, 0.15) is 50.2 Å². The van der Waals surface area contributed by atoms with Gasteiger partial charge in [0.25, 0.3) is 5.91 Å². The first-order valence-corrected chi connectivity index (χ1v) is 7.31. The average molecular weight is 294 g/mol. The number of amides is 1. The van der Waals surface area contributed by atoms with Crippen LogP contribution in [0.5, 0.6) is 0 Å². The van der Waals surface area contributed by atoms with Crippen LogP contribution in [0.25, 0.3) is 0 Å². The van der Waals surface area contributed by atoms with E-state index in [2.05, 4.69) is 22.7 Å². The first-order chi connectivity index (χ1) is 9.91. The lowest BCUT2D eigenvalue weighted by atomic mass is 10.1. The van der Waals surface area contributed by atoms with E-state index in [0.717, 1.165) is 18.5 Å². The highest BCUT2D eigenvalue weighted by Gasteiger charge is 2.19. The number of carbonyl (C=O) groups is 1. The highest BCUT2D eigenvalue weighted by atomic mass is 16.5. The Morgan fingerprint density at radius 3 is 2.67 bits per heavy atom. The minimum Gasteiger partial charge on any atom is -0.374 e. The number of nitrogens with one attached hydrogen (secondary N) is 2. The van der Waals surface area contributed by atoms with Crippen molar-refractivity contribution in [2.24, 2.45) is 5.84 Å². The zero-order chi connectivity index (χ0) is 15.9. The van der Waals surface area contributed by atoms with Gasteiger partial charge >= 0.3 is 0 Å². The molecule has 6 heteroatoms. The quantitative estimate of drug-likeness (QED) is 0.503. The van der Waals surface area contributed by atoms with Crippen LogP contribution in [0.15, 0.2) is 12.1 Å². The molecule has 0 aliphatic rings. The first-order valence-electron chi connectivity index (χ1n) is 7.31. The summed E-state index contributed by atoms with van der Waals surface area (Å²) in [6.45, 7) is 8.94. The van der Waals surface area contributed by atoms with E-state index >= 15 is 0 Å². The van der Waals surface area contributed by atoms with Gasteiger partial charge in [0.05, 0.1) is 5.60 Å². The third-order valence-corrected chi connectivity index (χ3v) is 3.00. The first kappa shape index (κ1) is 17.4. The van der Waals surface area contributed by atoms with Gasteiger partial charge in [-0.1, -0.05) is 13.3 Å². The van der Waals surface area contributed by atoms with Gasteiger partial charge in [0.1, 0.15) is 5.82 Å². The summed E-state index contributed by atoms with van der Waals surface area (Å²) in [5.74, 6) is 5.74. The normalized spacial score (nSPS) is 11.3. The van der Waals surface area contributed by atoms with Gasteiger partial charge in [-0.25, -0.2) is 10.8 Å². The summed E-state index contributed by atoms with van der Waals surface area (Å²) < 4.78 is 5.56. The molecule has 118 valence electrons. The van der Waals surface area contributed by atoms with E-state index in [1.165, 1.54) is 0 Å². The number of anilines is 1. The molecule has 0 aliphatic heterocycles. The number of rotatable bonds is 8. The van der Waals surface area contributed by atoms with Crippen molar-refractivity contribution in [2.45, 2.75) is 46.1 Å². The number of pyridine rings is 1. The largest absolute Gasteiger partial charge is 0.374 e. The maximum absolute atomic E-state index is 12.3. The molecule has 0 unspecified atom stereocenters. The van der Waals surface area contributed by atoms with Crippen molar-refractivity contribution >= 4 is 11.7 Å². The molecule has 21 heavy (non-hydrogen) atoms. The fraction of sp³-hybridized carbons (Fsp3) is 0.600. The molecule has 1 heterocycles. The zero-order valence-corrected chi connectivity index (χ0v) is 13.3. The number of hydrazine groups is 1. The molecular weight excluding hydrogens is 268 g/mol. The molecule has 6 nitrogen and oxygen atoms in total. The summed E-state index contributed by atoms with van der Waals surface area (Å²) >= 11 is 0. The smallest absolute Gasteiger partial charge is 0.251 e. The molecule has 1 amide bonds. The highest BCUT2D eigenvalue weighted by molar-refractivity contribution is 5.95. The van der Waals surface area contributed by atoms with E-state index in [0.29, 0.717) is 24.5 Å². The Bertz CT molecular complexity index is 475. The van der Waals surface area contributed by atoms with Gasteiger partial charge in [-0.05, 0) is 39.3 Å². The summed E-state index contributed by atoms with van der Waals surface area (Å²) in [5, 5.41) is 2.88. The number of aromatic nitrogens is 1. The summed E-state index contributed by atoms with van der Waals surface area (Å²) in [6, 6.07) is 3.44. The zero-order valence-electron chi connectivity index (χ0n) is 13.3. The molecule has 0 radical (unpaired) electrons. The molecule has 0 fully saturated rings. The van der Waals surface area contributed by atoms with Crippen LogP contribution >= 0.6 is 0 Å². The van der Waals surface area contributed by atoms with Gasteiger partial charge < -0.3 is 15.5 Å². The molecule has 0 saturated heterocycles.